The fourth-order valence-corrected chi connectivity index (χ4v) is 5.20. The van der Waals surface area contributed by atoms with Crippen LogP contribution in [0.3, 0.4) is 0 Å². The number of anilines is 1. The Morgan fingerprint density at radius 2 is 2.04 bits per heavy atom. The van der Waals surface area contributed by atoms with Crippen LogP contribution in [0.4, 0.5) is 9.93 Å². The van der Waals surface area contributed by atoms with Gasteiger partial charge >= 0.3 is 6.09 Å². The van der Waals surface area contributed by atoms with E-state index >= 15 is 0 Å². The van der Waals surface area contributed by atoms with Crippen LogP contribution >= 0.6 is 11.3 Å². The lowest BCUT2D eigenvalue weighted by Crippen LogP contribution is -2.44. The minimum Gasteiger partial charge on any atom is -0.465 e. The summed E-state index contributed by atoms with van der Waals surface area (Å²) in [6, 6.07) is 4.73. The zero-order chi connectivity index (χ0) is 18.7. The van der Waals surface area contributed by atoms with Crippen LogP contribution in [0.25, 0.3) is 10.2 Å². The Hall–Kier alpha value is -1.75. The molecule has 1 amide bonds. The summed E-state index contributed by atoms with van der Waals surface area (Å²) in [5, 5.41) is 11.2. The number of amides is 1. The molecular formula is C16H22N4O4S2. The molecule has 1 fully saturated rings. The molecule has 0 atom stereocenters. The highest BCUT2D eigenvalue weighted by molar-refractivity contribution is 7.91. The number of hydrogen-bond acceptors (Lipinski definition) is 7. The molecule has 0 saturated carbocycles. The Kier molecular flexibility index (Phi) is 5.76. The summed E-state index contributed by atoms with van der Waals surface area (Å²) in [5.74, 6) is 0.101. The predicted octanol–water partition coefficient (Wildman–Crippen LogP) is 1.80. The first-order valence-electron chi connectivity index (χ1n) is 8.38. The van der Waals surface area contributed by atoms with E-state index in [0.717, 1.165) is 44.1 Å². The van der Waals surface area contributed by atoms with E-state index < -0.39 is 15.9 Å². The molecule has 0 radical (unpaired) electrons. The highest BCUT2D eigenvalue weighted by atomic mass is 32.2. The molecule has 0 aliphatic carbocycles. The second-order valence-corrected chi connectivity index (χ2v) is 9.54. The van der Waals surface area contributed by atoms with Gasteiger partial charge in [0.05, 0.1) is 20.9 Å². The summed E-state index contributed by atoms with van der Waals surface area (Å²) >= 11 is 1.12. The second kappa shape index (κ2) is 7.87. The van der Waals surface area contributed by atoms with E-state index in [1.165, 1.54) is 6.07 Å². The van der Waals surface area contributed by atoms with Gasteiger partial charge in [0, 0.05) is 26.2 Å². The summed E-state index contributed by atoms with van der Waals surface area (Å²) in [4.78, 5) is 19.6. The highest BCUT2D eigenvalue weighted by Gasteiger charge is 2.18. The number of sulfone groups is 1. The number of benzene rings is 1. The third kappa shape index (κ3) is 4.70. The molecule has 2 heterocycles. The van der Waals surface area contributed by atoms with Crippen molar-refractivity contribution in [3.63, 3.8) is 0 Å². The third-order valence-corrected chi connectivity index (χ3v) is 7.15. The number of rotatable bonds is 6. The number of aromatic nitrogens is 1. The number of nitrogens with zero attached hydrogens (tertiary/aromatic N) is 3. The zero-order valence-electron chi connectivity index (χ0n) is 14.5. The molecular weight excluding hydrogens is 376 g/mol. The maximum atomic E-state index is 12.6. The van der Waals surface area contributed by atoms with Gasteiger partial charge < -0.3 is 14.9 Å². The lowest BCUT2D eigenvalue weighted by molar-refractivity contribution is 0.154. The third-order valence-electron chi connectivity index (χ3n) is 4.42. The first-order chi connectivity index (χ1) is 12.3. The van der Waals surface area contributed by atoms with E-state index in [-0.39, 0.29) is 15.8 Å². The van der Waals surface area contributed by atoms with Crippen molar-refractivity contribution in [3.8, 4) is 0 Å². The van der Waals surface area contributed by atoms with Gasteiger partial charge in [-0.3, -0.25) is 5.32 Å². The van der Waals surface area contributed by atoms with E-state index in [9.17, 15) is 13.2 Å². The van der Waals surface area contributed by atoms with E-state index in [1.54, 1.807) is 12.1 Å². The Morgan fingerprint density at radius 1 is 1.31 bits per heavy atom. The standard InChI is InChI=1S/C16H22N4O4S2/c1-19-6-8-20(9-7-19)5-2-10-26(23,24)12-3-4-13-14(11-12)25-15(17-13)18-16(21)22/h3-4,11H,2,5-10H2,1H3,(H,17,18)(H,21,22). The minimum atomic E-state index is -3.37. The Bertz CT molecular complexity index is 889. The maximum absolute atomic E-state index is 12.6. The van der Waals surface area contributed by atoms with Gasteiger partial charge in [-0.1, -0.05) is 11.3 Å². The van der Waals surface area contributed by atoms with E-state index in [1.807, 2.05) is 0 Å². The van der Waals surface area contributed by atoms with Crippen molar-refractivity contribution in [1.29, 1.82) is 0 Å². The molecule has 1 saturated heterocycles. The lowest BCUT2D eigenvalue weighted by Gasteiger charge is -2.32. The summed E-state index contributed by atoms with van der Waals surface area (Å²) in [6.45, 7) is 4.76. The van der Waals surface area contributed by atoms with Crippen LogP contribution in [0.5, 0.6) is 0 Å². The van der Waals surface area contributed by atoms with E-state index in [0.29, 0.717) is 16.6 Å². The molecule has 1 aromatic carbocycles. The molecule has 1 aliphatic heterocycles. The summed E-state index contributed by atoms with van der Waals surface area (Å²) in [5.41, 5.74) is 0.579. The molecule has 142 valence electrons. The monoisotopic (exact) mass is 398 g/mol. The van der Waals surface area contributed by atoms with Crippen molar-refractivity contribution in [2.24, 2.45) is 0 Å². The van der Waals surface area contributed by atoms with Crippen LogP contribution in [0.15, 0.2) is 23.1 Å². The molecule has 2 aromatic rings. The molecule has 1 aromatic heterocycles. The van der Waals surface area contributed by atoms with Crippen LogP contribution in [-0.2, 0) is 9.84 Å². The number of likely N-dealkylation sites (N-methyl/N-ethyl adjacent to an activating group) is 1. The first kappa shape index (κ1) is 19.0. The highest BCUT2D eigenvalue weighted by Crippen LogP contribution is 2.28. The van der Waals surface area contributed by atoms with Gasteiger partial charge in [0.15, 0.2) is 15.0 Å². The predicted molar refractivity (Wildman–Crippen MR) is 102 cm³/mol. The van der Waals surface area contributed by atoms with E-state index in [2.05, 4.69) is 27.1 Å². The smallest absolute Gasteiger partial charge is 0.410 e. The van der Waals surface area contributed by atoms with Gasteiger partial charge in [0.2, 0.25) is 0 Å². The van der Waals surface area contributed by atoms with Crippen molar-refractivity contribution in [2.75, 3.05) is 50.8 Å². The van der Waals surface area contributed by atoms with Gasteiger partial charge in [0.1, 0.15) is 0 Å². The van der Waals surface area contributed by atoms with Crippen LogP contribution < -0.4 is 5.32 Å². The Balaban J connectivity index is 1.63. The largest absolute Gasteiger partial charge is 0.465 e. The fourth-order valence-electron chi connectivity index (χ4n) is 2.91. The average molecular weight is 399 g/mol. The normalized spacial score (nSPS) is 16.8. The lowest BCUT2D eigenvalue weighted by atomic mass is 10.3. The molecule has 2 N–H and O–H groups in total. The van der Waals surface area contributed by atoms with E-state index in [4.69, 9.17) is 5.11 Å². The second-order valence-electron chi connectivity index (χ2n) is 6.40. The van der Waals surface area contributed by atoms with Gasteiger partial charge in [-0.05, 0) is 38.2 Å². The molecule has 10 heteroatoms. The van der Waals surface area contributed by atoms with Gasteiger partial charge in [-0.15, -0.1) is 0 Å². The summed E-state index contributed by atoms with van der Waals surface area (Å²) in [7, 11) is -1.28. The molecule has 26 heavy (non-hydrogen) atoms. The maximum Gasteiger partial charge on any atom is 0.410 e. The number of piperazine rings is 1. The fraction of sp³-hybridized carbons (Fsp3) is 0.500. The number of fused-ring (bicyclic) bond motifs is 1. The SMILES string of the molecule is CN1CCN(CCCS(=O)(=O)c2ccc3nc(NC(=O)O)sc3c2)CC1. The minimum absolute atomic E-state index is 0.101. The number of carbonyl (C=O) groups is 1. The van der Waals surface area contributed by atoms with Crippen LogP contribution in [0.2, 0.25) is 0 Å². The van der Waals surface area contributed by atoms with Gasteiger partial charge in [-0.2, -0.15) is 0 Å². The van der Waals surface area contributed by atoms with Gasteiger partial charge in [0.25, 0.3) is 0 Å². The molecule has 0 unspecified atom stereocenters. The average Bonchev–Trinajstić information content (AvgIpc) is 2.97. The summed E-state index contributed by atoms with van der Waals surface area (Å²) < 4.78 is 25.9. The van der Waals surface area contributed by atoms with Gasteiger partial charge in [-0.25, -0.2) is 18.2 Å². The first-order valence-corrected chi connectivity index (χ1v) is 10.8. The Labute approximate surface area is 156 Å². The molecule has 8 nitrogen and oxygen atoms in total. The summed E-state index contributed by atoms with van der Waals surface area (Å²) in [6.07, 6.45) is -0.598. The molecule has 0 bridgehead atoms. The topological polar surface area (TPSA) is 103 Å². The molecule has 0 spiro atoms. The molecule has 3 rings (SSSR count). The van der Waals surface area contributed by atoms with Crippen molar-refractivity contribution in [1.82, 2.24) is 14.8 Å². The number of carboxylic acid groups (broad SMARTS) is 1. The number of hydrogen-bond donors (Lipinski definition) is 2. The van der Waals surface area contributed by atoms with Crippen LogP contribution in [0.1, 0.15) is 6.42 Å². The molecule has 1 aliphatic rings. The number of nitrogens with one attached hydrogen (secondary N) is 1. The quantitative estimate of drug-likeness (QED) is 0.765. The van der Waals surface area contributed by atoms with Crippen molar-refractivity contribution in [2.45, 2.75) is 11.3 Å². The van der Waals surface area contributed by atoms with Crippen LogP contribution in [-0.4, -0.2) is 79.9 Å². The van der Waals surface area contributed by atoms with Crippen molar-refractivity contribution < 1.29 is 18.3 Å². The van der Waals surface area contributed by atoms with Crippen LogP contribution in [0, 0.1) is 0 Å². The number of thiazole rings is 1. The Morgan fingerprint density at radius 3 is 2.73 bits per heavy atom. The van der Waals surface area contributed by atoms with Crippen molar-refractivity contribution in [3.05, 3.63) is 18.2 Å². The van der Waals surface area contributed by atoms with Crippen molar-refractivity contribution >= 4 is 42.6 Å². The zero-order valence-corrected chi connectivity index (χ0v) is 16.1.